The third-order valence-electron chi connectivity index (χ3n) is 6.39. The quantitative estimate of drug-likeness (QED) is 0.846. The second-order valence-corrected chi connectivity index (χ2v) is 8.01. The maximum absolute atomic E-state index is 13.0. The van der Waals surface area contributed by atoms with Crippen LogP contribution in [0.2, 0.25) is 0 Å². The zero-order valence-corrected chi connectivity index (χ0v) is 15.3. The van der Waals surface area contributed by atoms with Gasteiger partial charge in [0.2, 0.25) is 5.91 Å². The van der Waals surface area contributed by atoms with E-state index < -0.39 is 0 Å². The first-order valence-electron chi connectivity index (χ1n) is 9.96. The summed E-state index contributed by atoms with van der Waals surface area (Å²) < 4.78 is 5.67. The lowest BCUT2D eigenvalue weighted by Gasteiger charge is -2.37. The number of likely N-dealkylation sites (tertiary alicyclic amines) is 1. The summed E-state index contributed by atoms with van der Waals surface area (Å²) in [6, 6.07) is 9.48. The van der Waals surface area contributed by atoms with E-state index in [1.54, 1.807) is 12.1 Å². The molecule has 1 atom stereocenters. The third-order valence-corrected chi connectivity index (χ3v) is 6.39. The molecule has 1 aliphatic carbocycles. The normalized spacial score (nSPS) is 32.0. The van der Waals surface area contributed by atoms with Crippen LogP contribution >= 0.6 is 0 Å². The van der Waals surface area contributed by atoms with E-state index in [1.807, 2.05) is 18.2 Å². The number of carbonyl (C=O) groups excluding carboxylic acids is 2. The molecule has 1 amide bonds. The van der Waals surface area contributed by atoms with Gasteiger partial charge in [-0.1, -0.05) is 18.2 Å². The van der Waals surface area contributed by atoms with Gasteiger partial charge < -0.3 is 15.0 Å². The van der Waals surface area contributed by atoms with Gasteiger partial charge in [-0.2, -0.15) is 0 Å². The monoisotopic (exact) mass is 356 g/mol. The Morgan fingerprint density at radius 3 is 2.58 bits per heavy atom. The number of hydrogen-bond acceptors (Lipinski definition) is 4. The molecule has 2 heterocycles. The first-order valence-corrected chi connectivity index (χ1v) is 9.96. The van der Waals surface area contributed by atoms with E-state index in [4.69, 9.17) is 4.74 Å². The van der Waals surface area contributed by atoms with Gasteiger partial charge in [0.25, 0.3) is 0 Å². The van der Waals surface area contributed by atoms with Crippen molar-refractivity contribution in [1.29, 1.82) is 0 Å². The highest BCUT2D eigenvalue weighted by Crippen LogP contribution is 2.40. The van der Waals surface area contributed by atoms with Gasteiger partial charge in [0.05, 0.1) is 11.0 Å². The van der Waals surface area contributed by atoms with Crippen LogP contribution in [0.15, 0.2) is 30.3 Å². The van der Waals surface area contributed by atoms with Crippen molar-refractivity contribution in [3.05, 3.63) is 35.9 Å². The second-order valence-electron chi connectivity index (χ2n) is 8.01. The van der Waals surface area contributed by atoms with E-state index in [0.717, 1.165) is 64.6 Å². The minimum atomic E-state index is -0.237. The number of ether oxygens (including phenoxy) is 1. The number of amides is 1. The molecule has 1 aromatic carbocycles. The summed E-state index contributed by atoms with van der Waals surface area (Å²) >= 11 is 0. The molecular weight excluding hydrogens is 328 g/mol. The van der Waals surface area contributed by atoms with Gasteiger partial charge >= 0.3 is 5.97 Å². The number of carbonyl (C=O) groups is 2. The lowest BCUT2D eigenvalue weighted by molar-refractivity contribution is -0.139. The van der Waals surface area contributed by atoms with Gasteiger partial charge in [-0.3, -0.25) is 4.79 Å². The topological polar surface area (TPSA) is 58.6 Å². The molecule has 1 saturated carbocycles. The maximum Gasteiger partial charge on any atom is 0.338 e. The average Bonchev–Trinajstić information content (AvgIpc) is 3.00. The molecule has 3 fully saturated rings. The highest BCUT2D eigenvalue weighted by atomic mass is 16.5. The number of nitrogens with zero attached hydrogens (tertiary/aromatic N) is 1. The Balaban J connectivity index is 1.30. The Bertz CT molecular complexity index is 646. The van der Waals surface area contributed by atoms with Crippen molar-refractivity contribution in [2.24, 2.45) is 5.41 Å². The van der Waals surface area contributed by atoms with E-state index in [2.05, 4.69) is 10.2 Å². The Kier molecular flexibility index (Phi) is 4.98. The smallest absolute Gasteiger partial charge is 0.338 e. The molecule has 1 N–H and O–H groups in total. The molecule has 0 aromatic heterocycles. The predicted octanol–water partition coefficient (Wildman–Crippen LogP) is 2.76. The Morgan fingerprint density at radius 1 is 1.12 bits per heavy atom. The molecule has 0 bridgehead atoms. The van der Waals surface area contributed by atoms with Crippen LogP contribution in [0, 0.1) is 5.41 Å². The highest BCUT2D eigenvalue weighted by Gasteiger charge is 2.49. The first kappa shape index (κ1) is 17.5. The van der Waals surface area contributed by atoms with Crippen LogP contribution in [0.3, 0.4) is 0 Å². The summed E-state index contributed by atoms with van der Waals surface area (Å²) in [5, 5.41) is 3.41. The fraction of sp³-hybridized carbons (Fsp3) is 0.619. The molecule has 0 unspecified atom stereocenters. The summed E-state index contributed by atoms with van der Waals surface area (Å²) in [6.07, 6.45) is 6.64. The molecule has 4 rings (SSSR count). The van der Waals surface area contributed by atoms with Crippen LogP contribution in [0.5, 0.6) is 0 Å². The zero-order valence-electron chi connectivity index (χ0n) is 15.3. The molecule has 2 aliphatic heterocycles. The lowest BCUT2D eigenvalue weighted by Crippen LogP contribution is -2.48. The van der Waals surface area contributed by atoms with Crippen molar-refractivity contribution < 1.29 is 14.3 Å². The largest absolute Gasteiger partial charge is 0.459 e. The standard InChI is InChI=1S/C21H28N2O3/c24-19(16-5-2-1-3-6-16)26-18-9-7-17(8-10-18)23-14-12-21(20(23)25)11-4-13-22-15-21/h1-3,5-6,17-18,22H,4,7-15H2/t17?,18?,21-/m0/s1. The molecule has 5 heteroatoms. The molecule has 140 valence electrons. The molecule has 0 radical (unpaired) electrons. The Morgan fingerprint density at radius 2 is 1.88 bits per heavy atom. The van der Waals surface area contributed by atoms with Crippen molar-refractivity contribution in [3.8, 4) is 0 Å². The summed E-state index contributed by atoms with van der Waals surface area (Å²) in [6.45, 7) is 2.76. The van der Waals surface area contributed by atoms with Crippen molar-refractivity contribution in [2.45, 2.75) is 57.1 Å². The van der Waals surface area contributed by atoms with Crippen molar-refractivity contribution in [1.82, 2.24) is 10.2 Å². The van der Waals surface area contributed by atoms with Crippen LogP contribution in [0.1, 0.15) is 55.3 Å². The molecular formula is C21H28N2O3. The lowest BCUT2D eigenvalue weighted by atomic mass is 9.79. The second kappa shape index (κ2) is 7.39. The number of rotatable bonds is 3. The van der Waals surface area contributed by atoms with Crippen molar-refractivity contribution in [2.75, 3.05) is 19.6 Å². The van der Waals surface area contributed by atoms with Gasteiger partial charge in [-0.15, -0.1) is 0 Å². The Labute approximate surface area is 155 Å². The minimum absolute atomic E-state index is 0.0260. The summed E-state index contributed by atoms with van der Waals surface area (Å²) in [7, 11) is 0. The molecule has 1 aromatic rings. The SMILES string of the molecule is O=C(OC1CCC(N2CC[C@]3(CCCNC3)C2=O)CC1)c1ccccc1. The highest BCUT2D eigenvalue weighted by molar-refractivity contribution is 5.89. The molecule has 3 aliphatic rings. The molecule has 26 heavy (non-hydrogen) atoms. The fourth-order valence-corrected chi connectivity index (χ4v) is 4.83. The maximum atomic E-state index is 13.0. The van der Waals surface area contributed by atoms with Gasteiger partial charge in [0.15, 0.2) is 0 Å². The van der Waals surface area contributed by atoms with Gasteiger partial charge in [0, 0.05) is 19.1 Å². The molecule has 5 nitrogen and oxygen atoms in total. The van der Waals surface area contributed by atoms with E-state index in [-0.39, 0.29) is 17.5 Å². The van der Waals surface area contributed by atoms with Crippen LogP contribution in [-0.4, -0.2) is 48.6 Å². The minimum Gasteiger partial charge on any atom is -0.459 e. The number of piperidine rings is 1. The summed E-state index contributed by atoms with van der Waals surface area (Å²) in [4.78, 5) is 27.4. The fourth-order valence-electron chi connectivity index (χ4n) is 4.83. The van der Waals surface area contributed by atoms with Crippen LogP contribution in [0.25, 0.3) is 0 Å². The number of benzene rings is 1. The van der Waals surface area contributed by atoms with Crippen LogP contribution in [-0.2, 0) is 9.53 Å². The number of esters is 1. The van der Waals surface area contributed by atoms with Gasteiger partial charge in [-0.05, 0) is 63.6 Å². The van der Waals surface area contributed by atoms with Crippen LogP contribution < -0.4 is 5.32 Å². The molecule has 2 saturated heterocycles. The van der Waals surface area contributed by atoms with Gasteiger partial charge in [-0.25, -0.2) is 4.79 Å². The van der Waals surface area contributed by atoms with Gasteiger partial charge in [0.1, 0.15) is 6.10 Å². The molecule has 1 spiro atoms. The van der Waals surface area contributed by atoms with E-state index in [1.165, 1.54) is 0 Å². The average molecular weight is 356 g/mol. The van der Waals surface area contributed by atoms with E-state index in [9.17, 15) is 9.59 Å². The van der Waals surface area contributed by atoms with Crippen molar-refractivity contribution in [3.63, 3.8) is 0 Å². The summed E-state index contributed by atoms with van der Waals surface area (Å²) in [5.41, 5.74) is 0.464. The Hall–Kier alpha value is -1.88. The summed E-state index contributed by atoms with van der Waals surface area (Å²) in [5.74, 6) is 0.118. The first-order chi connectivity index (χ1) is 12.7. The zero-order chi connectivity index (χ0) is 18.0. The van der Waals surface area contributed by atoms with E-state index in [0.29, 0.717) is 17.5 Å². The van der Waals surface area contributed by atoms with E-state index >= 15 is 0 Å². The van der Waals surface area contributed by atoms with Crippen LogP contribution in [0.4, 0.5) is 0 Å². The number of nitrogens with one attached hydrogen (secondary N) is 1. The van der Waals surface area contributed by atoms with Crippen molar-refractivity contribution >= 4 is 11.9 Å². The number of hydrogen-bond donors (Lipinski definition) is 1. The third kappa shape index (κ3) is 3.37. The predicted molar refractivity (Wildman–Crippen MR) is 98.8 cm³/mol.